The lowest BCUT2D eigenvalue weighted by Crippen LogP contribution is -2.47. The molecule has 0 bridgehead atoms. The Balaban J connectivity index is 1.33. The molecular formula is C29H31FN2O3. The maximum atomic E-state index is 13.4. The van der Waals surface area contributed by atoms with E-state index in [1.807, 2.05) is 66.4 Å². The molecule has 0 spiro atoms. The van der Waals surface area contributed by atoms with E-state index < -0.39 is 0 Å². The number of carbonyl (C=O) groups is 1. The van der Waals surface area contributed by atoms with Gasteiger partial charge in [0.05, 0.1) is 7.11 Å². The Morgan fingerprint density at radius 3 is 2.51 bits per heavy atom. The molecule has 6 heteroatoms. The second-order valence-corrected chi connectivity index (χ2v) is 8.69. The van der Waals surface area contributed by atoms with Crippen LogP contribution in [0.15, 0.2) is 72.8 Å². The molecule has 35 heavy (non-hydrogen) atoms. The summed E-state index contributed by atoms with van der Waals surface area (Å²) < 4.78 is 24.9. The molecule has 0 N–H and O–H groups in total. The Morgan fingerprint density at radius 2 is 1.77 bits per heavy atom. The van der Waals surface area contributed by atoms with E-state index in [9.17, 15) is 9.18 Å². The van der Waals surface area contributed by atoms with Gasteiger partial charge in [0.1, 0.15) is 23.9 Å². The number of carbonyl (C=O) groups excluding carboxylic acids is 1. The van der Waals surface area contributed by atoms with Crippen molar-refractivity contribution >= 4 is 12.0 Å². The highest BCUT2D eigenvalue weighted by atomic mass is 19.1. The van der Waals surface area contributed by atoms with Crippen LogP contribution >= 0.6 is 0 Å². The van der Waals surface area contributed by atoms with Gasteiger partial charge in [-0.1, -0.05) is 36.4 Å². The lowest BCUT2D eigenvalue weighted by atomic mass is 10.1. The number of halogens is 1. The number of aryl methyl sites for hydroxylation is 1. The molecule has 0 aromatic heterocycles. The minimum atomic E-state index is -0.218. The number of rotatable bonds is 8. The number of hydrogen-bond donors (Lipinski definition) is 0. The molecular weight excluding hydrogens is 443 g/mol. The van der Waals surface area contributed by atoms with Crippen LogP contribution in [-0.2, 0) is 17.9 Å². The van der Waals surface area contributed by atoms with Gasteiger partial charge in [0.2, 0.25) is 5.91 Å². The number of nitrogens with zero attached hydrogens (tertiary/aromatic N) is 2. The summed E-state index contributed by atoms with van der Waals surface area (Å²) in [5.74, 6) is 1.35. The van der Waals surface area contributed by atoms with E-state index in [1.54, 1.807) is 25.3 Å². The van der Waals surface area contributed by atoms with Crippen molar-refractivity contribution in [3.63, 3.8) is 0 Å². The fraction of sp³-hybridized carbons (Fsp3) is 0.276. The second-order valence-electron chi connectivity index (χ2n) is 8.69. The van der Waals surface area contributed by atoms with Crippen molar-refractivity contribution in [2.45, 2.75) is 20.1 Å². The third-order valence-corrected chi connectivity index (χ3v) is 6.18. The molecule has 0 aliphatic carbocycles. The molecule has 3 aromatic carbocycles. The van der Waals surface area contributed by atoms with E-state index in [2.05, 4.69) is 4.90 Å². The van der Waals surface area contributed by atoms with Crippen LogP contribution < -0.4 is 9.47 Å². The number of para-hydroxylation sites is 1. The van der Waals surface area contributed by atoms with Gasteiger partial charge in [-0.15, -0.1) is 0 Å². The standard InChI is InChI=1S/C29H31FN2O3/c1-22-6-3-4-9-27(22)35-21-25-18-23(10-12-28(25)34-2)11-13-29(33)32-16-14-31(15-17-32)20-24-7-5-8-26(30)19-24/h3-13,18-19H,14-17,20-21H2,1-2H3/b13-11+. The highest BCUT2D eigenvalue weighted by Gasteiger charge is 2.19. The first-order valence-electron chi connectivity index (χ1n) is 11.8. The first kappa shape index (κ1) is 24.5. The Morgan fingerprint density at radius 1 is 0.971 bits per heavy atom. The van der Waals surface area contributed by atoms with Crippen molar-refractivity contribution in [3.05, 3.63) is 101 Å². The number of hydrogen-bond acceptors (Lipinski definition) is 4. The molecule has 0 radical (unpaired) electrons. The predicted octanol–water partition coefficient (Wildman–Crippen LogP) is 5.08. The number of benzene rings is 3. The zero-order chi connectivity index (χ0) is 24.6. The van der Waals surface area contributed by atoms with Gasteiger partial charge in [-0.25, -0.2) is 4.39 Å². The molecule has 1 aliphatic heterocycles. The van der Waals surface area contributed by atoms with Crippen molar-refractivity contribution in [1.82, 2.24) is 9.80 Å². The fourth-order valence-corrected chi connectivity index (χ4v) is 4.18. The van der Waals surface area contributed by atoms with Gasteiger partial charge in [-0.2, -0.15) is 0 Å². The molecule has 0 unspecified atom stereocenters. The maximum Gasteiger partial charge on any atom is 0.246 e. The van der Waals surface area contributed by atoms with Crippen LogP contribution in [0.4, 0.5) is 4.39 Å². The summed E-state index contributed by atoms with van der Waals surface area (Å²) >= 11 is 0. The second kappa shape index (κ2) is 11.7. The van der Waals surface area contributed by atoms with Crippen molar-refractivity contribution in [2.75, 3.05) is 33.3 Å². The average Bonchev–Trinajstić information content (AvgIpc) is 2.87. The maximum absolute atomic E-state index is 13.4. The first-order valence-corrected chi connectivity index (χ1v) is 11.8. The molecule has 1 heterocycles. The van der Waals surface area contributed by atoms with Gasteiger partial charge in [0.25, 0.3) is 0 Å². The van der Waals surface area contributed by atoms with Crippen LogP contribution in [-0.4, -0.2) is 49.0 Å². The van der Waals surface area contributed by atoms with Crippen molar-refractivity contribution < 1.29 is 18.7 Å². The molecule has 5 nitrogen and oxygen atoms in total. The SMILES string of the molecule is COc1ccc(/C=C/C(=O)N2CCN(Cc3cccc(F)c3)CC2)cc1COc1ccccc1C. The summed E-state index contributed by atoms with van der Waals surface area (Å²) in [7, 11) is 1.64. The summed E-state index contributed by atoms with van der Waals surface area (Å²) in [6.07, 6.45) is 3.45. The van der Waals surface area contributed by atoms with Gasteiger partial charge in [0, 0.05) is 44.4 Å². The van der Waals surface area contributed by atoms with Crippen LogP contribution in [0.3, 0.4) is 0 Å². The van der Waals surface area contributed by atoms with Crippen LogP contribution in [0.1, 0.15) is 22.3 Å². The van der Waals surface area contributed by atoms with Gasteiger partial charge in [0.15, 0.2) is 0 Å². The smallest absolute Gasteiger partial charge is 0.246 e. The molecule has 1 saturated heterocycles. The zero-order valence-electron chi connectivity index (χ0n) is 20.2. The van der Waals surface area contributed by atoms with Gasteiger partial charge < -0.3 is 14.4 Å². The molecule has 3 aromatic rings. The molecule has 0 saturated carbocycles. The van der Waals surface area contributed by atoms with Gasteiger partial charge in [-0.3, -0.25) is 9.69 Å². The average molecular weight is 475 g/mol. The summed E-state index contributed by atoms with van der Waals surface area (Å²) in [5.41, 5.74) is 3.85. The topological polar surface area (TPSA) is 42.0 Å². The molecule has 4 rings (SSSR count). The van der Waals surface area contributed by atoms with Crippen molar-refractivity contribution in [1.29, 1.82) is 0 Å². The van der Waals surface area contributed by atoms with Crippen LogP contribution in [0.2, 0.25) is 0 Å². The Labute approximate surface area is 206 Å². The van der Waals surface area contributed by atoms with Crippen molar-refractivity contribution in [2.24, 2.45) is 0 Å². The van der Waals surface area contributed by atoms with E-state index >= 15 is 0 Å². The molecule has 1 fully saturated rings. The monoisotopic (exact) mass is 474 g/mol. The number of methoxy groups -OCH3 is 1. The third-order valence-electron chi connectivity index (χ3n) is 6.18. The molecule has 182 valence electrons. The number of amides is 1. The predicted molar refractivity (Wildman–Crippen MR) is 136 cm³/mol. The van der Waals surface area contributed by atoms with Crippen LogP contribution in [0.25, 0.3) is 6.08 Å². The zero-order valence-corrected chi connectivity index (χ0v) is 20.2. The van der Waals surface area contributed by atoms with Crippen LogP contribution in [0, 0.1) is 12.7 Å². The summed E-state index contributed by atoms with van der Waals surface area (Å²) in [5, 5.41) is 0. The minimum Gasteiger partial charge on any atom is -0.496 e. The van der Waals surface area contributed by atoms with E-state index in [4.69, 9.17) is 9.47 Å². The number of piperazine rings is 1. The van der Waals surface area contributed by atoms with E-state index in [1.165, 1.54) is 6.07 Å². The molecule has 1 aliphatic rings. The highest BCUT2D eigenvalue weighted by molar-refractivity contribution is 5.91. The largest absolute Gasteiger partial charge is 0.496 e. The normalized spacial score (nSPS) is 14.3. The Kier molecular flexibility index (Phi) is 8.16. The quantitative estimate of drug-likeness (QED) is 0.427. The van der Waals surface area contributed by atoms with Gasteiger partial charge >= 0.3 is 0 Å². The minimum absolute atomic E-state index is 0.0102. The van der Waals surface area contributed by atoms with Crippen LogP contribution in [0.5, 0.6) is 11.5 Å². The number of ether oxygens (including phenoxy) is 2. The van der Waals surface area contributed by atoms with E-state index in [0.29, 0.717) is 26.2 Å². The fourth-order valence-electron chi connectivity index (χ4n) is 4.18. The molecule has 1 amide bonds. The highest BCUT2D eigenvalue weighted by Crippen LogP contribution is 2.24. The van der Waals surface area contributed by atoms with E-state index in [-0.39, 0.29) is 11.7 Å². The summed E-state index contributed by atoms with van der Waals surface area (Å²) in [4.78, 5) is 16.9. The lowest BCUT2D eigenvalue weighted by Gasteiger charge is -2.34. The van der Waals surface area contributed by atoms with E-state index in [0.717, 1.165) is 46.8 Å². The first-order chi connectivity index (χ1) is 17.0. The summed E-state index contributed by atoms with van der Waals surface area (Å²) in [6, 6.07) is 20.4. The third kappa shape index (κ3) is 6.70. The van der Waals surface area contributed by atoms with Crippen molar-refractivity contribution in [3.8, 4) is 11.5 Å². The molecule has 0 atom stereocenters. The van der Waals surface area contributed by atoms with Gasteiger partial charge in [-0.05, 0) is 60.0 Å². The Bertz CT molecular complexity index is 1190. The Hall–Kier alpha value is -3.64. The lowest BCUT2D eigenvalue weighted by molar-refractivity contribution is -0.127. The summed E-state index contributed by atoms with van der Waals surface area (Å²) in [6.45, 7) is 5.90.